The molecule has 2 amide bonds. The Kier molecular flexibility index (Phi) is 7.52. The third kappa shape index (κ3) is 5.48. The second-order valence-corrected chi connectivity index (χ2v) is 10.6. The molecule has 2 saturated heterocycles. The van der Waals surface area contributed by atoms with Crippen LogP contribution in [0.15, 0.2) is 23.1 Å². The highest BCUT2D eigenvalue weighted by molar-refractivity contribution is 7.89. The van der Waals surface area contributed by atoms with E-state index in [2.05, 4.69) is 17.1 Å². The van der Waals surface area contributed by atoms with Gasteiger partial charge in [-0.1, -0.05) is 6.42 Å². The molecule has 3 heterocycles. The van der Waals surface area contributed by atoms with Crippen LogP contribution in [-0.2, 0) is 24.3 Å². The second-order valence-electron chi connectivity index (χ2n) is 8.65. The SMILES string of the molecule is C[C@H]1CCCCN1CCNC(=O)CN1C(=O)COc2ccc(S(=O)(=O)N3CCOCC3)cc21. The van der Waals surface area contributed by atoms with Crippen molar-refractivity contribution >= 4 is 27.5 Å². The van der Waals surface area contributed by atoms with Gasteiger partial charge >= 0.3 is 0 Å². The Morgan fingerprint density at radius 3 is 2.73 bits per heavy atom. The monoisotopic (exact) mass is 480 g/mol. The summed E-state index contributed by atoms with van der Waals surface area (Å²) in [5.41, 5.74) is 0.292. The van der Waals surface area contributed by atoms with Crippen LogP contribution in [0.4, 0.5) is 5.69 Å². The van der Waals surface area contributed by atoms with E-state index in [4.69, 9.17) is 9.47 Å². The van der Waals surface area contributed by atoms with E-state index >= 15 is 0 Å². The number of amides is 2. The molecule has 33 heavy (non-hydrogen) atoms. The summed E-state index contributed by atoms with van der Waals surface area (Å²) in [5, 5.41) is 2.89. The van der Waals surface area contributed by atoms with E-state index in [1.54, 1.807) is 0 Å². The van der Waals surface area contributed by atoms with Crippen molar-refractivity contribution in [1.29, 1.82) is 0 Å². The largest absolute Gasteiger partial charge is 0.482 e. The number of carbonyl (C=O) groups is 2. The maximum atomic E-state index is 13.0. The molecule has 1 aromatic rings. The summed E-state index contributed by atoms with van der Waals surface area (Å²) in [5.74, 6) is -0.295. The summed E-state index contributed by atoms with van der Waals surface area (Å²) in [6.45, 7) is 5.35. The minimum atomic E-state index is -3.74. The van der Waals surface area contributed by atoms with Gasteiger partial charge in [0.2, 0.25) is 15.9 Å². The number of piperidine rings is 1. The molecule has 11 heteroatoms. The predicted octanol–water partition coefficient (Wildman–Crippen LogP) is 0.424. The number of nitrogens with one attached hydrogen (secondary N) is 1. The molecular weight excluding hydrogens is 448 g/mol. The molecule has 3 aliphatic heterocycles. The van der Waals surface area contributed by atoms with Crippen LogP contribution in [0.5, 0.6) is 5.75 Å². The summed E-state index contributed by atoms with van der Waals surface area (Å²) in [6, 6.07) is 4.94. The number of rotatable bonds is 7. The van der Waals surface area contributed by atoms with Gasteiger partial charge in [0.25, 0.3) is 5.91 Å². The fourth-order valence-corrected chi connectivity index (χ4v) is 5.91. The maximum absolute atomic E-state index is 13.0. The smallest absolute Gasteiger partial charge is 0.265 e. The van der Waals surface area contributed by atoms with E-state index in [1.165, 1.54) is 46.7 Å². The number of anilines is 1. The van der Waals surface area contributed by atoms with Crippen molar-refractivity contribution < 1.29 is 27.5 Å². The standard InChI is InChI=1S/C22H32N4O6S/c1-17-4-2-3-8-24(17)9-7-23-21(27)15-26-19-14-18(5-6-20(19)32-16-22(26)28)33(29,30)25-10-12-31-13-11-25/h5-6,14,17H,2-4,7-13,15-16H2,1H3,(H,23,27)/t17-/m0/s1. The minimum absolute atomic E-state index is 0.0611. The first-order chi connectivity index (χ1) is 15.9. The Morgan fingerprint density at radius 1 is 1.18 bits per heavy atom. The number of likely N-dealkylation sites (tertiary alicyclic amines) is 1. The van der Waals surface area contributed by atoms with Crippen molar-refractivity contribution in [3.8, 4) is 5.75 Å². The summed E-state index contributed by atoms with van der Waals surface area (Å²) < 4.78 is 38.2. The predicted molar refractivity (Wildman–Crippen MR) is 122 cm³/mol. The van der Waals surface area contributed by atoms with Gasteiger partial charge in [-0.15, -0.1) is 0 Å². The quantitative estimate of drug-likeness (QED) is 0.603. The van der Waals surface area contributed by atoms with Crippen LogP contribution in [0.2, 0.25) is 0 Å². The van der Waals surface area contributed by atoms with E-state index in [0.29, 0.717) is 37.2 Å². The molecular formula is C22H32N4O6S. The number of ether oxygens (including phenoxy) is 2. The fourth-order valence-electron chi connectivity index (χ4n) is 4.48. The maximum Gasteiger partial charge on any atom is 0.265 e. The van der Waals surface area contributed by atoms with Crippen molar-refractivity contribution in [2.75, 3.05) is 64.0 Å². The van der Waals surface area contributed by atoms with Crippen LogP contribution >= 0.6 is 0 Å². The van der Waals surface area contributed by atoms with Gasteiger partial charge in [0, 0.05) is 32.2 Å². The summed E-state index contributed by atoms with van der Waals surface area (Å²) in [6.07, 6.45) is 3.58. The van der Waals surface area contributed by atoms with Gasteiger partial charge in [-0.3, -0.25) is 19.4 Å². The number of morpholine rings is 1. The first-order valence-electron chi connectivity index (χ1n) is 11.5. The summed E-state index contributed by atoms with van der Waals surface area (Å²) in [7, 11) is -3.74. The minimum Gasteiger partial charge on any atom is -0.482 e. The molecule has 2 fully saturated rings. The van der Waals surface area contributed by atoms with Gasteiger partial charge in [0.1, 0.15) is 12.3 Å². The van der Waals surface area contributed by atoms with E-state index in [-0.39, 0.29) is 43.0 Å². The van der Waals surface area contributed by atoms with Crippen LogP contribution in [0.25, 0.3) is 0 Å². The molecule has 1 N–H and O–H groups in total. The van der Waals surface area contributed by atoms with Gasteiger partial charge in [0.15, 0.2) is 6.61 Å². The zero-order valence-electron chi connectivity index (χ0n) is 19.0. The van der Waals surface area contributed by atoms with Gasteiger partial charge in [-0.05, 0) is 44.5 Å². The lowest BCUT2D eigenvalue weighted by Crippen LogP contribution is -2.47. The van der Waals surface area contributed by atoms with E-state index in [1.807, 2.05) is 0 Å². The van der Waals surface area contributed by atoms with Gasteiger partial charge in [-0.2, -0.15) is 4.31 Å². The Labute approximate surface area is 194 Å². The third-order valence-electron chi connectivity index (χ3n) is 6.44. The average molecular weight is 481 g/mol. The molecule has 0 radical (unpaired) electrons. The lowest BCUT2D eigenvalue weighted by Gasteiger charge is -2.33. The van der Waals surface area contributed by atoms with E-state index in [0.717, 1.165) is 13.1 Å². The van der Waals surface area contributed by atoms with Crippen molar-refractivity contribution in [3.05, 3.63) is 18.2 Å². The highest BCUT2D eigenvalue weighted by Crippen LogP contribution is 2.35. The molecule has 0 unspecified atom stereocenters. The van der Waals surface area contributed by atoms with Crippen LogP contribution in [0, 0.1) is 0 Å². The zero-order valence-corrected chi connectivity index (χ0v) is 19.8. The Morgan fingerprint density at radius 2 is 1.97 bits per heavy atom. The van der Waals surface area contributed by atoms with Crippen LogP contribution in [0.3, 0.4) is 0 Å². The van der Waals surface area contributed by atoms with Crippen molar-refractivity contribution in [1.82, 2.24) is 14.5 Å². The van der Waals surface area contributed by atoms with Crippen LogP contribution in [0.1, 0.15) is 26.2 Å². The van der Waals surface area contributed by atoms with Gasteiger partial charge < -0.3 is 14.8 Å². The number of benzene rings is 1. The molecule has 0 aromatic heterocycles. The van der Waals surface area contributed by atoms with E-state index in [9.17, 15) is 18.0 Å². The molecule has 182 valence electrons. The molecule has 3 aliphatic rings. The number of sulfonamides is 1. The molecule has 0 bridgehead atoms. The molecule has 1 atom stereocenters. The van der Waals surface area contributed by atoms with Gasteiger partial charge in [0.05, 0.1) is 23.8 Å². The Balaban J connectivity index is 1.43. The van der Waals surface area contributed by atoms with Crippen molar-refractivity contribution in [3.63, 3.8) is 0 Å². The van der Waals surface area contributed by atoms with Crippen molar-refractivity contribution in [2.45, 2.75) is 37.1 Å². The number of hydrogen-bond donors (Lipinski definition) is 1. The van der Waals surface area contributed by atoms with Crippen LogP contribution < -0.4 is 15.0 Å². The highest BCUT2D eigenvalue weighted by atomic mass is 32.2. The van der Waals surface area contributed by atoms with Gasteiger partial charge in [-0.25, -0.2) is 8.42 Å². The van der Waals surface area contributed by atoms with Crippen molar-refractivity contribution in [2.24, 2.45) is 0 Å². The molecule has 4 rings (SSSR count). The Bertz CT molecular complexity index is 979. The normalized spacial score (nSPS) is 22.5. The molecule has 10 nitrogen and oxygen atoms in total. The number of fused-ring (bicyclic) bond motifs is 1. The highest BCUT2D eigenvalue weighted by Gasteiger charge is 2.32. The average Bonchev–Trinajstić information content (AvgIpc) is 2.82. The molecule has 0 spiro atoms. The summed E-state index contributed by atoms with van der Waals surface area (Å²) in [4.78, 5) is 28.9. The lowest BCUT2D eigenvalue weighted by atomic mass is 10.0. The number of nitrogens with zero attached hydrogens (tertiary/aromatic N) is 3. The fraction of sp³-hybridized carbons (Fsp3) is 0.636. The summed E-state index contributed by atoms with van der Waals surface area (Å²) >= 11 is 0. The molecule has 0 saturated carbocycles. The lowest BCUT2D eigenvalue weighted by molar-refractivity contribution is -0.125. The zero-order chi connectivity index (χ0) is 23.4. The first kappa shape index (κ1) is 23.9. The third-order valence-corrected chi connectivity index (χ3v) is 8.34. The topological polar surface area (TPSA) is 108 Å². The Hall–Kier alpha value is -2.21. The number of hydrogen-bond acceptors (Lipinski definition) is 7. The second kappa shape index (κ2) is 10.4. The molecule has 0 aliphatic carbocycles. The van der Waals surface area contributed by atoms with E-state index < -0.39 is 10.0 Å². The molecule has 1 aromatic carbocycles. The number of carbonyl (C=O) groups excluding carboxylic acids is 2. The van der Waals surface area contributed by atoms with Crippen LogP contribution in [-0.4, -0.2) is 94.6 Å². The first-order valence-corrected chi connectivity index (χ1v) is 13.0.